The number of ketones is 1. The smallest absolute Gasteiger partial charge is 0.331 e. The summed E-state index contributed by atoms with van der Waals surface area (Å²) in [6, 6.07) is 4.91. The Kier molecular flexibility index (Phi) is 3.82. The van der Waals surface area contributed by atoms with Crippen LogP contribution in [0.5, 0.6) is 0 Å². The molecule has 2 bridgehead atoms. The molecule has 1 fully saturated rings. The highest BCUT2D eigenvalue weighted by Crippen LogP contribution is 2.56. The fourth-order valence-corrected chi connectivity index (χ4v) is 4.53. The molecule has 1 aliphatic heterocycles. The van der Waals surface area contributed by atoms with Crippen molar-refractivity contribution in [2.45, 2.75) is 58.2 Å². The van der Waals surface area contributed by atoms with E-state index in [1.807, 2.05) is 32.9 Å². The Morgan fingerprint density at radius 2 is 1.84 bits per heavy atom. The molecular weight excluding hydrogens is 331 g/mol. The highest BCUT2D eigenvalue weighted by molar-refractivity contribution is 5.94. The van der Waals surface area contributed by atoms with Crippen molar-refractivity contribution in [2.24, 2.45) is 5.41 Å². The molecule has 1 saturated heterocycles. The van der Waals surface area contributed by atoms with Gasteiger partial charge in [-0.15, -0.1) is 0 Å². The van der Waals surface area contributed by atoms with Crippen LogP contribution in [0.2, 0.25) is 0 Å². The summed E-state index contributed by atoms with van der Waals surface area (Å²) < 4.78 is 39.0. The van der Waals surface area contributed by atoms with Gasteiger partial charge < -0.3 is 4.90 Å². The number of hydrogen-bond acceptors (Lipinski definition) is 2. The zero-order valence-electron chi connectivity index (χ0n) is 14.8. The molecule has 1 amide bonds. The number of carbonyl (C=O) groups excluding carboxylic acids is 2. The van der Waals surface area contributed by atoms with E-state index in [0.717, 1.165) is 16.0 Å². The normalized spacial score (nSPS) is 27.6. The van der Waals surface area contributed by atoms with Crippen LogP contribution in [0.25, 0.3) is 0 Å². The first-order valence-electron chi connectivity index (χ1n) is 8.42. The first kappa shape index (κ1) is 18.0. The Labute approximate surface area is 145 Å². The van der Waals surface area contributed by atoms with E-state index in [1.54, 1.807) is 6.07 Å². The zero-order valence-corrected chi connectivity index (χ0v) is 14.8. The number of nitrogens with zero attached hydrogens (tertiary/aromatic N) is 1. The van der Waals surface area contributed by atoms with Crippen molar-refractivity contribution >= 4 is 11.7 Å². The number of rotatable bonds is 1. The third-order valence-electron chi connectivity index (χ3n) is 6.51. The molecule has 0 unspecified atom stereocenters. The van der Waals surface area contributed by atoms with E-state index < -0.39 is 23.5 Å². The summed E-state index contributed by atoms with van der Waals surface area (Å²) in [4.78, 5) is 24.7. The van der Waals surface area contributed by atoms with E-state index in [0.29, 0.717) is 18.4 Å². The van der Waals surface area contributed by atoms with Crippen molar-refractivity contribution in [3.8, 4) is 0 Å². The lowest BCUT2D eigenvalue weighted by molar-refractivity contribution is -0.195. The van der Waals surface area contributed by atoms with Gasteiger partial charge in [0, 0.05) is 23.6 Å². The molecule has 136 valence electrons. The van der Waals surface area contributed by atoms with Crippen molar-refractivity contribution in [1.29, 1.82) is 0 Å². The monoisotopic (exact) mass is 353 g/mol. The highest BCUT2D eigenvalue weighted by atomic mass is 19.4. The van der Waals surface area contributed by atoms with E-state index in [2.05, 4.69) is 0 Å². The summed E-state index contributed by atoms with van der Waals surface area (Å²) in [5.74, 6) is -1.78. The Hall–Kier alpha value is -1.85. The lowest BCUT2D eigenvalue weighted by atomic mass is 9.51. The third kappa shape index (κ3) is 2.49. The second kappa shape index (κ2) is 5.32. The van der Waals surface area contributed by atoms with E-state index >= 15 is 0 Å². The van der Waals surface area contributed by atoms with E-state index in [1.165, 1.54) is 6.92 Å². The van der Waals surface area contributed by atoms with Crippen molar-refractivity contribution < 1.29 is 22.8 Å². The molecule has 0 saturated carbocycles. The largest absolute Gasteiger partial charge is 0.471 e. The van der Waals surface area contributed by atoms with Gasteiger partial charge >= 0.3 is 12.1 Å². The summed E-state index contributed by atoms with van der Waals surface area (Å²) in [6.45, 7) is 7.48. The average Bonchev–Trinajstić information content (AvgIpc) is 2.49. The molecule has 6 heteroatoms. The molecule has 3 nitrogen and oxygen atoms in total. The predicted molar refractivity (Wildman–Crippen MR) is 87.5 cm³/mol. The standard InChI is InChI=1S/C19H22F3NO2/c1-11(24)12-5-6-13-10-15-17(2,3)18(4,14(13)9-12)7-8-23(15)16(25)19(20,21)22/h5-6,9,15H,7-8,10H2,1-4H3/t15-,18-/m0/s1. The van der Waals surface area contributed by atoms with Crippen LogP contribution in [0.15, 0.2) is 18.2 Å². The van der Waals surface area contributed by atoms with Crippen LogP contribution < -0.4 is 0 Å². The number of piperidine rings is 1. The highest BCUT2D eigenvalue weighted by Gasteiger charge is 2.59. The maximum atomic E-state index is 13.0. The van der Waals surface area contributed by atoms with Gasteiger partial charge in [0.15, 0.2) is 5.78 Å². The van der Waals surface area contributed by atoms with E-state index in [-0.39, 0.29) is 17.7 Å². The quantitative estimate of drug-likeness (QED) is 0.718. The van der Waals surface area contributed by atoms with Crippen LogP contribution in [0.3, 0.4) is 0 Å². The molecule has 2 atom stereocenters. The number of alkyl halides is 3. The molecular formula is C19H22F3NO2. The number of fused-ring (bicyclic) bond motifs is 4. The number of carbonyl (C=O) groups is 2. The van der Waals surface area contributed by atoms with Gasteiger partial charge in [-0.05, 0) is 42.4 Å². The summed E-state index contributed by atoms with van der Waals surface area (Å²) in [7, 11) is 0. The Bertz CT molecular complexity index is 754. The molecule has 1 heterocycles. The minimum atomic E-state index is -4.86. The van der Waals surface area contributed by atoms with Crippen molar-refractivity contribution in [3.05, 3.63) is 34.9 Å². The maximum absolute atomic E-state index is 13.0. The summed E-state index contributed by atoms with van der Waals surface area (Å²) in [5.41, 5.74) is 1.65. The van der Waals surface area contributed by atoms with Crippen LogP contribution in [0, 0.1) is 5.41 Å². The van der Waals surface area contributed by atoms with E-state index in [9.17, 15) is 22.8 Å². The molecule has 0 aromatic heterocycles. The topological polar surface area (TPSA) is 37.4 Å². The minimum absolute atomic E-state index is 0.0315. The van der Waals surface area contributed by atoms with Crippen LogP contribution >= 0.6 is 0 Å². The second-order valence-corrected chi connectivity index (χ2v) is 7.95. The molecule has 0 radical (unpaired) electrons. The van der Waals surface area contributed by atoms with Gasteiger partial charge in [-0.25, -0.2) is 0 Å². The first-order chi connectivity index (χ1) is 11.4. The first-order valence-corrected chi connectivity index (χ1v) is 8.42. The Balaban J connectivity index is 2.11. The number of halogens is 3. The summed E-state index contributed by atoms with van der Waals surface area (Å²) >= 11 is 0. The van der Waals surface area contributed by atoms with Crippen molar-refractivity contribution in [1.82, 2.24) is 4.90 Å². The Morgan fingerprint density at radius 3 is 2.40 bits per heavy atom. The summed E-state index contributed by atoms with van der Waals surface area (Å²) in [5, 5.41) is 0. The number of benzene rings is 1. The van der Waals surface area contributed by atoms with Crippen LogP contribution in [-0.4, -0.2) is 35.4 Å². The second-order valence-electron chi connectivity index (χ2n) is 7.95. The third-order valence-corrected chi connectivity index (χ3v) is 6.51. The summed E-state index contributed by atoms with van der Waals surface area (Å²) in [6.07, 6.45) is -4.05. The van der Waals surface area contributed by atoms with Gasteiger partial charge in [0.2, 0.25) is 0 Å². The number of hydrogen-bond donors (Lipinski definition) is 0. The Morgan fingerprint density at radius 1 is 1.20 bits per heavy atom. The van der Waals surface area contributed by atoms with Gasteiger partial charge in [-0.1, -0.05) is 32.9 Å². The maximum Gasteiger partial charge on any atom is 0.471 e. The van der Waals surface area contributed by atoms with Crippen LogP contribution in [0.1, 0.15) is 55.6 Å². The van der Waals surface area contributed by atoms with Crippen LogP contribution in [0.4, 0.5) is 13.2 Å². The lowest BCUT2D eigenvalue weighted by Gasteiger charge is -2.60. The number of amides is 1. The van der Waals surface area contributed by atoms with Crippen molar-refractivity contribution in [2.75, 3.05) is 6.54 Å². The molecule has 0 N–H and O–H groups in total. The molecule has 1 aromatic carbocycles. The van der Waals surface area contributed by atoms with Gasteiger partial charge in [-0.2, -0.15) is 13.2 Å². The van der Waals surface area contributed by atoms with Gasteiger partial charge in [-0.3, -0.25) is 9.59 Å². The van der Waals surface area contributed by atoms with Gasteiger partial charge in [0.25, 0.3) is 0 Å². The fraction of sp³-hybridized carbons (Fsp3) is 0.579. The average molecular weight is 353 g/mol. The minimum Gasteiger partial charge on any atom is -0.331 e. The van der Waals surface area contributed by atoms with E-state index in [4.69, 9.17) is 0 Å². The molecule has 1 aliphatic carbocycles. The van der Waals surface area contributed by atoms with Crippen molar-refractivity contribution in [3.63, 3.8) is 0 Å². The SMILES string of the molecule is CC(=O)c1ccc2c(c1)[C@]1(C)CCN(C(=O)C(F)(F)F)[C@@H](C2)C1(C)C. The number of likely N-dealkylation sites (tertiary alicyclic amines) is 1. The predicted octanol–water partition coefficient (Wildman–Crippen LogP) is 3.89. The zero-order chi connectivity index (χ0) is 18.8. The fourth-order valence-electron chi connectivity index (χ4n) is 4.53. The molecule has 3 rings (SSSR count). The van der Waals surface area contributed by atoms with Gasteiger partial charge in [0.05, 0.1) is 0 Å². The molecule has 25 heavy (non-hydrogen) atoms. The lowest BCUT2D eigenvalue weighted by Crippen LogP contribution is -2.66. The number of Topliss-reactive ketones (excluding diaryl/α,β-unsaturated/α-hetero) is 1. The van der Waals surface area contributed by atoms with Crippen LogP contribution in [-0.2, 0) is 16.6 Å². The molecule has 1 aromatic rings. The van der Waals surface area contributed by atoms with Gasteiger partial charge in [0.1, 0.15) is 0 Å². The molecule has 2 aliphatic rings. The molecule has 0 spiro atoms.